The molecule has 2 rings (SSSR count). The second-order valence-corrected chi connectivity index (χ2v) is 8.88. The molecule has 1 aromatic rings. The van der Waals surface area contributed by atoms with Crippen LogP contribution in [0.1, 0.15) is 36.8 Å². The minimum absolute atomic E-state index is 0.374. The maximum Gasteiger partial charge on any atom is 0.241 e. The summed E-state index contributed by atoms with van der Waals surface area (Å²) in [6.45, 7) is 4.09. The van der Waals surface area contributed by atoms with Crippen molar-refractivity contribution in [1.29, 1.82) is 0 Å². The molecule has 0 aromatic heterocycles. The normalized spacial score (nSPS) is 16.1. The first-order valence-corrected chi connectivity index (χ1v) is 10.2. The zero-order valence-electron chi connectivity index (χ0n) is 13.5. The van der Waals surface area contributed by atoms with E-state index in [2.05, 4.69) is 4.72 Å². The van der Waals surface area contributed by atoms with E-state index < -0.39 is 10.0 Å². The summed E-state index contributed by atoms with van der Waals surface area (Å²) in [7, 11) is -1.88. The number of thioether (sulfide) groups is 1. The fourth-order valence-corrected chi connectivity index (χ4v) is 5.81. The predicted octanol–water partition coefficient (Wildman–Crippen LogP) is 3.27. The van der Waals surface area contributed by atoms with E-state index in [4.69, 9.17) is 4.74 Å². The van der Waals surface area contributed by atoms with Gasteiger partial charge in [-0.25, -0.2) is 13.1 Å². The lowest BCUT2D eigenvalue weighted by atomic mass is 10.1. The molecule has 1 aliphatic carbocycles. The minimum atomic E-state index is -3.46. The Labute approximate surface area is 138 Å². The fraction of sp³-hybridized carbons (Fsp3) is 0.625. The highest BCUT2D eigenvalue weighted by atomic mass is 32.2. The molecule has 0 saturated heterocycles. The molecule has 0 heterocycles. The van der Waals surface area contributed by atoms with Crippen LogP contribution in [0.3, 0.4) is 0 Å². The average Bonchev–Trinajstić information content (AvgIpc) is 2.95. The Kier molecular flexibility index (Phi) is 6.17. The largest absolute Gasteiger partial charge is 0.497 e. The monoisotopic (exact) mass is 343 g/mol. The molecule has 6 heteroatoms. The van der Waals surface area contributed by atoms with Crippen molar-refractivity contribution in [3.63, 3.8) is 0 Å². The molecule has 1 aliphatic rings. The van der Waals surface area contributed by atoms with Crippen LogP contribution in [-0.2, 0) is 10.0 Å². The van der Waals surface area contributed by atoms with Crippen molar-refractivity contribution in [2.24, 2.45) is 0 Å². The quantitative estimate of drug-likeness (QED) is 0.772. The standard InChI is InChI=1S/C16H25NO3S2/c1-12-10-14(20-3)11-13(2)16(12)22(18,19)17-8-9-21-15-6-4-5-7-15/h10-11,15,17H,4-9H2,1-3H3. The van der Waals surface area contributed by atoms with Crippen molar-refractivity contribution in [2.75, 3.05) is 19.4 Å². The summed E-state index contributed by atoms with van der Waals surface area (Å²) in [6.07, 6.45) is 5.17. The highest BCUT2D eigenvalue weighted by Crippen LogP contribution is 2.29. The van der Waals surface area contributed by atoms with Gasteiger partial charge in [0.05, 0.1) is 12.0 Å². The first-order valence-electron chi connectivity index (χ1n) is 7.70. The molecule has 0 radical (unpaired) electrons. The van der Waals surface area contributed by atoms with Gasteiger partial charge in [0.2, 0.25) is 10.0 Å². The predicted molar refractivity (Wildman–Crippen MR) is 92.4 cm³/mol. The Balaban J connectivity index is 1.97. The Morgan fingerprint density at radius 3 is 2.36 bits per heavy atom. The van der Waals surface area contributed by atoms with Crippen molar-refractivity contribution in [3.8, 4) is 5.75 Å². The van der Waals surface area contributed by atoms with Crippen LogP contribution in [0.25, 0.3) is 0 Å². The molecule has 0 aliphatic heterocycles. The van der Waals surface area contributed by atoms with Crippen molar-refractivity contribution >= 4 is 21.8 Å². The SMILES string of the molecule is COc1cc(C)c(S(=O)(=O)NCCSC2CCCC2)c(C)c1. The summed E-state index contributed by atoms with van der Waals surface area (Å²) in [6, 6.07) is 3.52. The van der Waals surface area contributed by atoms with E-state index in [-0.39, 0.29) is 0 Å². The number of methoxy groups -OCH3 is 1. The molecule has 0 atom stereocenters. The molecule has 1 saturated carbocycles. The lowest BCUT2D eigenvalue weighted by molar-refractivity contribution is 0.413. The number of aryl methyl sites for hydroxylation is 2. The van der Waals surface area contributed by atoms with Crippen molar-refractivity contribution < 1.29 is 13.2 Å². The minimum Gasteiger partial charge on any atom is -0.497 e. The van der Waals surface area contributed by atoms with Gasteiger partial charge in [0, 0.05) is 17.5 Å². The van der Waals surface area contributed by atoms with E-state index in [0.717, 1.165) is 5.75 Å². The van der Waals surface area contributed by atoms with Gasteiger partial charge in [0.1, 0.15) is 5.75 Å². The summed E-state index contributed by atoms with van der Waals surface area (Å²) in [5.41, 5.74) is 1.43. The third-order valence-electron chi connectivity index (χ3n) is 3.99. The van der Waals surface area contributed by atoms with E-state index in [0.29, 0.717) is 33.6 Å². The second kappa shape index (κ2) is 7.70. The van der Waals surface area contributed by atoms with Gasteiger partial charge in [-0.05, 0) is 49.9 Å². The molecule has 1 fully saturated rings. The molecule has 0 amide bonds. The summed E-state index contributed by atoms with van der Waals surface area (Å²) in [4.78, 5) is 0.374. The van der Waals surface area contributed by atoms with Gasteiger partial charge in [-0.3, -0.25) is 0 Å². The molecule has 124 valence electrons. The summed E-state index contributed by atoms with van der Waals surface area (Å²) in [5.74, 6) is 1.52. The smallest absolute Gasteiger partial charge is 0.241 e. The van der Waals surface area contributed by atoms with Crippen LogP contribution in [0.15, 0.2) is 17.0 Å². The molecular weight excluding hydrogens is 318 g/mol. The molecule has 4 nitrogen and oxygen atoms in total. The molecular formula is C16H25NO3S2. The van der Waals surface area contributed by atoms with Crippen LogP contribution in [0.2, 0.25) is 0 Å². The summed E-state index contributed by atoms with van der Waals surface area (Å²) >= 11 is 1.89. The molecule has 0 unspecified atom stereocenters. The lowest BCUT2D eigenvalue weighted by Gasteiger charge is -2.14. The van der Waals surface area contributed by atoms with Crippen LogP contribution in [0.4, 0.5) is 0 Å². The molecule has 22 heavy (non-hydrogen) atoms. The van der Waals surface area contributed by atoms with Crippen molar-refractivity contribution in [2.45, 2.75) is 49.7 Å². The van der Waals surface area contributed by atoms with Gasteiger partial charge in [0.15, 0.2) is 0 Å². The van der Waals surface area contributed by atoms with Gasteiger partial charge in [-0.1, -0.05) is 12.8 Å². The Morgan fingerprint density at radius 1 is 1.23 bits per heavy atom. The van der Waals surface area contributed by atoms with E-state index in [1.807, 2.05) is 11.8 Å². The van der Waals surface area contributed by atoms with E-state index in [9.17, 15) is 8.42 Å². The van der Waals surface area contributed by atoms with Crippen molar-refractivity contribution in [1.82, 2.24) is 4.72 Å². The number of benzene rings is 1. The molecule has 1 N–H and O–H groups in total. The third-order valence-corrected chi connectivity index (χ3v) is 7.14. The second-order valence-electron chi connectivity index (χ2n) is 5.77. The highest BCUT2D eigenvalue weighted by molar-refractivity contribution is 8.00. The van der Waals surface area contributed by atoms with Gasteiger partial charge < -0.3 is 4.74 Å². The maximum absolute atomic E-state index is 12.5. The first-order chi connectivity index (χ1) is 10.4. The van der Waals surface area contributed by atoms with Crippen LogP contribution < -0.4 is 9.46 Å². The van der Waals surface area contributed by atoms with Gasteiger partial charge in [0.25, 0.3) is 0 Å². The third kappa shape index (κ3) is 4.40. The van der Waals surface area contributed by atoms with Gasteiger partial charge >= 0.3 is 0 Å². The zero-order chi connectivity index (χ0) is 16.2. The Bertz CT molecular complexity index is 585. The van der Waals surface area contributed by atoms with Crippen LogP contribution >= 0.6 is 11.8 Å². The Hall–Kier alpha value is -0.720. The van der Waals surface area contributed by atoms with Crippen LogP contribution in [0.5, 0.6) is 5.75 Å². The average molecular weight is 344 g/mol. The van der Waals surface area contributed by atoms with Gasteiger partial charge in [-0.2, -0.15) is 11.8 Å². The van der Waals surface area contributed by atoms with E-state index in [1.54, 1.807) is 33.1 Å². The lowest BCUT2D eigenvalue weighted by Crippen LogP contribution is -2.27. The zero-order valence-corrected chi connectivity index (χ0v) is 15.1. The fourth-order valence-electron chi connectivity index (χ4n) is 2.98. The molecule has 0 spiro atoms. The number of ether oxygens (including phenoxy) is 1. The molecule has 0 bridgehead atoms. The van der Waals surface area contributed by atoms with Crippen molar-refractivity contribution in [3.05, 3.63) is 23.3 Å². The van der Waals surface area contributed by atoms with Crippen LogP contribution in [-0.4, -0.2) is 33.1 Å². The topological polar surface area (TPSA) is 55.4 Å². The Morgan fingerprint density at radius 2 is 1.82 bits per heavy atom. The first kappa shape index (κ1) is 17.6. The number of hydrogen-bond acceptors (Lipinski definition) is 4. The maximum atomic E-state index is 12.5. The summed E-state index contributed by atoms with van der Waals surface area (Å²) in [5, 5.41) is 0.717. The molecule has 1 aromatic carbocycles. The highest BCUT2D eigenvalue weighted by Gasteiger charge is 2.20. The number of nitrogens with one attached hydrogen (secondary N) is 1. The number of hydrogen-bond donors (Lipinski definition) is 1. The van der Waals surface area contributed by atoms with E-state index in [1.165, 1.54) is 25.7 Å². The summed E-state index contributed by atoms with van der Waals surface area (Å²) < 4.78 is 32.9. The van der Waals surface area contributed by atoms with E-state index >= 15 is 0 Å². The van der Waals surface area contributed by atoms with Crippen LogP contribution in [0, 0.1) is 13.8 Å². The number of sulfonamides is 1. The van der Waals surface area contributed by atoms with Gasteiger partial charge in [-0.15, -0.1) is 0 Å². The number of rotatable bonds is 7.